The van der Waals surface area contributed by atoms with Crippen LogP contribution in [0, 0.1) is 0 Å². The van der Waals surface area contributed by atoms with Crippen LogP contribution in [0.1, 0.15) is 41.9 Å². The predicted octanol–water partition coefficient (Wildman–Crippen LogP) is 5.31. The third kappa shape index (κ3) is 4.89. The second-order valence-corrected chi connectivity index (χ2v) is 12.3. The Labute approximate surface area is 221 Å². The molecule has 3 heterocycles. The van der Waals surface area contributed by atoms with Crippen molar-refractivity contribution in [2.45, 2.75) is 42.8 Å². The molecular weight excluding hydrogens is 539 g/mol. The molecule has 0 amide bonds. The first-order valence-corrected chi connectivity index (χ1v) is 14.1. The van der Waals surface area contributed by atoms with Crippen molar-refractivity contribution in [3.8, 4) is 17.0 Å². The first kappa shape index (κ1) is 26.5. The molecule has 0 saturated heterocycles. The van der Waals surface area contributed by atoms with Gasteiger partial charge in [-0.3, -0.25) is 9.97 Å². The van der Waals surface area contributed by atoms with Crippen LogP contribution in [0.4, 0.5) is 13.2 Å². The summed E-state index contributed by atoms with van der Waals surface area (Å²) < 4.78 is 75.3. The van der Waals surface area contributed by atoms with Crippen molar-refractivity contribution in [2.24, 2.45) is 0 Å². The van der Waals surface area contributed by atoms with E-state index in [0.29, 0.717) is 46.3 Å². The van der Waals surface area contributed by atoms with Crippen LogP contribution in [0.3, 0.4) is 0 Å². The maximum Gasteiger partial charge on any atom is 0.421 e. The topological polar surface area (TPSA) is 101 Å². The Bertz CT molecular complexity index is 1600. The van der Waals surface area contributed by atoms with Crippen LogP contribution in [-0.2, 0) is 15.6 Å². The first-order chi connectivity index (χ1) is 17.9. The molecule has 1 fully saturated rings. The summed E-state index contributed by atoms with van der Waals surface area (Å²) in [5, 5.41) is 10.5. The fraction of sp³-hybridized carbons (Fsp3) is 0.308. The number of halogens is 3. The number of rotatable bonds is 8. The zero-order valence-corrected chi connectivity index (χ0v) is 22.0. The molecule has 2 N–H and O–H groups in total. The molecule has 1 aromatic carbocycles. The fourth-order valence-corrected chi connectivity index (χ4v) is 6.98. The van der Waals surface area contributed by atoms with Gasteiger partial charge in [-0.1, -0.05) is 18.2 Å². The van der Waals surface area contributed by atoms with Gasteiger partial charge in [0.1, 0.15) is 17.5 Å². The van der Waals surface area contributed by atoms with Gasteiger partial charge in [0.2, 0.25) is 10.0 Å². The van der Waals surface area contributed by atoms with Crippen LogP contribution >= 0.6 is 11.3 Å². The van der Waals surface area contributed by atoms with Gasteiger partial charge in [0.25, 0.3) is 0 Å². The number of pyridine rings is 2. The summed E-state index contributed by atoms with van der Waals surface area (Å²) in [5.41, 5.74) is -2.20. The zero-order chi connectivity index (χ0) is 27.3. The maximum atomic E-state index is 13.5. The van der Waals surface area contributed by atoms with Gasteiger partial charge in [-0.2, -0.15) is 13.2 Å². The highest BCUT2D eigenvalue weighted by Crippen LogP contribution is 2.43. The summed E-state index contributed by atoms with van der Waals surface area (Å²) in [6.45, 7) is 0.701. The lowest BCUT2D eigenvalue weighted by molar-refractivity contribution is -0.258. The highest BCUT2D eigenvalue weighted by atomic mass is 32.2. The highest BCUT2D eigenvalue weighted by molar-refractivity contribution is 7.90. The van der Waals surface area contributed by atoms with Gasteiger partial charge in [0, 0.05) is 27.5 Å². The Balaban J connectivity index is 1.63. The number of aromatic nitrogens is 2. The number of hydrogen-bond acceptors (Lipinski definition) is 7. The number of thiophene rings is 1. The smallest absolute Gasteiger partial charge is 0.421 e. The third-order valence-electron chi connectivity index (χ3n) is 6.54. The minimum absolute atomic E-state index is 0.247. The number of nitrogens with one attached hydrogen (secondary N) is 1. The molecule has 7 nitrogen and oxygen atoms in total. The average molecular weight is 564 g/mol. The van der Waals surface area contributed by atoms with Crippen molar-refractivity contribution >= 4 is 31.4 Å². The van der Waals surface area contributed by atoms with E-state index in [1.54, 1.807) is 30.5 Å². The number of nitrogens with zero attached hydrogens (tertiary/aromatic N) is 2. The van der Waals surface area contributed by atoms with E-state index in [1.807, 2.05) is 12.1 Å². The van der Waals surface area contributed by atoms with E-state index in [0.717, 1.165) is 11.5 Å². The van der Waals surface area contributed by atoms with Gasteiger partial charge < -0.3 is 9.84 Å². The van der Waals surface area contributed by atoms with E-state index in [9.17, 15) is 26.7 Å². The molecule has 200 valence electrons. The lowest BCUT2D eigenvalue weighted by atomic mass is 9.94. The largest absolute Gasteiger partial charge is 0.495 e. The van der Waals surface area contributed by atoms with Gasteiger partial charge in [-0.25, -0.2) is 13.1 Å². The lowest BCUT2D eigenvalue weighted by Gasteiger charge is -2.26. The number of hydrogen-bond donors (Lipinski definition) is 2. The quantitative estimate of drug-likeness (QED) is 0.302. The number of methoxy groups -OCH3 is 1. The molecule has 1 aliphatic carbocycles. The first-order valence-electron chi connectivity index (χ1n) is 11.7. The van der Waals surface area contributed by atoms with Crippen LogP contribution in [0.15, 0.2) is 60.9 Å². The van der Waals surface area contributed by atoms with Crippen LogP contribution in [0.5, 0.6) is 5.75 Å². The Kier molecular flexibility index (Phi) is 6.70. The number of fused-ring (bicyclic) bond motifs is 1. The van der Waals surface area contributed by atoms with Crippen molar-refractivity contribution in [1.29, 1.82) is 0 Å². The lowest BCUT2D eigenvalue weighted by Crippen LogP contribution is -2.39. The highest BCUT2D eigenvalue weighted by Gasteiger charge is 2.51. The number of benzene rings is 1. The SMILES string of the molecule is COc1cccnc1C(NS(=O)(=O)C1CC1)c1cc2cccc(-c3cc([C@@](C)(O)C(F)(F)F)ccn3)c2s1. The van der Waals surface area contributed by atoms with Crippen LogP contribution in [0.25, 0.3) is 21.3 Å². The molecule has 3 aromatic heterocycles. The van der Waals surface area contributed by atoms with Crippen molar-refractivity contribution < 1.29 is 31.4 Å². The van der Waals surface area contributed by atoms with Gasteiger partial charge in [0.15, 0.2) is 5.60 Å². The number of ether oxygens (including phenoxy) is 1. The molecule has 1 unspecified atom stereocenters. The Morgan fingerprint density at radius 1 is 1.11 bits per heavy atom. The molecule has 0 spiro atoms. The fourth-order valence-electron chi connectivity index (χ4n) is 4.15. The van der Waals surface area contributed by atoms with E-state index >= 15 is 0 Å². The summed E-state index contributed by atoms with van der Waals surface area (Å²) >= 11 is 1.29. The van der Waals surface area contributed by atoms with E-state index in [-0.39, 0.29) is 11.3 Å². The molecule has 5 rings (SSSR count). The normalized spacial score (nSPS) is 16.8. The molecule has 38 heavy (non-hydrogen) atoms. The molecule has 0 radical (unpaired) electrons. The number of aliphatic hydroxyl groups is 1. The minimum Gasteiger partial charge on any atom is -0.495 e. The van der Waals surface area contributed by atoms with Crippen LogP contribution < -0.4 is 9.46 Å². The van der Waals surface area contributed by atoms with Crippen LogP contribution in [0.2, 0.25) is 0 Å². The second kappa shape index (κ2) is 9.60. The molecule has 1 aliphatic rings. The number of alkyl halides is 3. The van der Waals surface area contributed by atoms with Gasteiger partial charge >= 0.3 is 6.18 Å². The summed E-state index contributed by atoms with van der Waals surface area (Å²) in [6, 6.07) is 12.0. The van der Waals surface area contributed by atoms with Crippen LogP contribution in [-0.4, -0.2) is 42.0 Å². The van der Waals surface area contributed by atoms with E-state index in [2.05, 4.69) is 14.7 Å². The van der Waals surface area contributed by atoms with Gasteiger partial charge in [-0.15, -0.1) is 11.3 Å². The molecule has 1 saturated carbocycles. The minimum atomic E-state index is -4.87. The Morgan fingerprint density at radius 3 is 2.55 bits per heavy atom. The van der Waals surface area contributed by atoms with Gasteiger partial charge in [0.05, 0.1) is 18.1 Å². The summed E-state index contributed by atoms with van der Waals surface area (Å²) in [6.07, 6.45) is -0.925. The zero-order valence-electron chi connectivity index (χ0n) is 20.4. The third-order valence-corrected chi connectivity index (χ3v) is 9.70. The Hall–Kier alpha value is -3.06. The summed E-state index contributed by atoms with van der Waals surface area (Å²) in [5.74, 6) is 0.414. The maximum absolute atomic E-state index is 13.5. The van der Waals surface area contributed by atoms with E-state index < -0.39 is 33.1 Å². The van der Waals surface area contributed by atoms with Crippen molar-refractivity contribution in [3.05, 3.63) is 77.1 Å². The summed E-state index contributed by atoms with van der Waals surface area (Å²) in [4.78, 5) is 9.31. The van der Waals surface area contributed by atoms with Crippen molar-refractivity contribution in [3.63, 3.8) is 0 Å². The number of sulfonamides is 1. The molecule has 0 bridgehead atoms. The molecule has 0 aliphatic heterocycles. The summed E-state index contributed by atoms with van der Waals surface area (Å²) in [7, 11) is -2.15. The molecule has 12 heteroatoms. The van der Waals surface area contributed by atoms with Crippen molar-refractivity contribution in [2.75, 3.05) is 7.11 Å². The molecular formula is C26H24F3N3O4S2. The average Bonchev–Trinajstić information content (AvgIpc) is 3.66. The second-order valence-electron chi connectivity index (χ2n) is 9.26. The van der Waals surface area contributed by atoms with E-state index in [1.165, 1.54) is 30.7 Å². The van der Waals surface area contributed by atoms with Gasteiger partial charge in [-0.05, 0) is 61.0 Å². The monoisotopic (exact) mass is 563 g/mol. The molecule has 2 atom stereocenters. The standard InChI is InChI=1S/C26H24F3N3O4S2/c1-25(33,26(27,28)29)16-10-12-30-19(14-16)18-6-3-5-15-13-21(37-24(15)18)23(32-38(34,35)17-8-9-17)22-20(36-2)7-4-11-31-22/h3-7,10-14,17,23,32-33H,8-9H2,1-2H3/t23?,25-/m1/s1. The Morgan fingerprint density at radius 2 is 1.87 bits per heavy atom. The predicted molar refractivity (Wildman–Crippen MR) is 138 cm³/mol. The van der Waals surface area contributed by atoms with E-state index in [4.69, 9.17) is 4.74 Å². The molecule has 4 aromatic rings. The van der Waals surface area contributed by atoms with Crippen molar-refractivity contribution in [1.82, 2.24) is 14.7 Å².